The van der Waals surface area contributed by atoms with Gasteiger partial charge in [0.25, 0.3) is 0 Å². The first kappa shape index (κ1) is 26.5. The summed E-state index contributed by atoms with van der Waals surface area (Å²) < 4.78 is 12.7. The number of esters is 2. The van der Waals surface area contributed by atoms with E-state index < -0.39 is 12.0 Å². The second-order valence-corrected chi connectivity index (χ2v) is 8.77. The van der Waals surface area contributed by atoms with Crippen LogP contribution in [0.1, 0.15) is 65.7 Å². The molecule has 2 aromatic heterocycles. The van der Waals surface area contributed by atoms with Crippen LogP contribution in [0.5, 0.6) is 0 Å². The molecule has 2 atom stereocenters. The highest BCUT2D eigenvalue weighted by atomic mass is 16.5. The fourth-order valence-electron chi connectivity index (χ4n) is 3.36. The Morgan fingerprint density at radius 1 is 1.12 bits per heavy atom. The molecule has 0 saturated carbocycles. The lowest BCUT2D eigenvalue weighted by Gasteiger charge is -2.20. The highest BCUT2D eigenvalue weighted by Gasteiger charge is 2.22. The van der Waals surface area contributed by atoms with Gasteiger partial charge in [-0.1, -0.05) is 46.5 Å². The average molecular weight is 463 g/mol. The number of ether oxygens (including phenoxy) is 2. The molecule has 2 heterocycles. The minimum Gasteiger partial charge on any atom is -0.466 e. The van der Waals surface area contributed by atoms with Gasteiger partial charge in [0.2, 0.25) is 5.95 Å². The number of rotatable bonds is 15. The number of anilines is 1. The smallest absolute Gasteiger partial charge is 0.323 e. The van der Waals surface area contributed by atoms with E-state index in [-0.39, 0.29) is 37.0 Å². The fraction of sp³-hybridized carbons (Fsp3) is 0.696. The molecule has 0 aliphatic heterocycles. The van der Waals surface area contributed by atoms with Gasteiger partial charge in [-0.2, -0.15) is 4.98 Å². The molecular weight excluding hydrogens is 424 g/mol. The van der Waals surface area contributed by atoms with Crippen LogP contribution in [0, 0.1) is 11.8 Å². The second-order valence-electron chi connectivity index (χ2n) is 8.77. The summed E-state index contributed by atoms with van der Waals surface area (Å²) in [6.45, 7) is 6.75. The SMILES string of the molecule is CCCCCCCC(=O)OCC[C@@H](COC(=O)[C@@H](N)C(C)C)Cn1cnc2cnc(N)nc21. The van der Waals surface area contributed by atoms with Crippen molar-refractivity contribution in [1.29, 1.82) is 0 Å². The quantitative estimate of drug-likeness (QED) is 0.301. The zero-order valence-electron chi connectivity index (χ0n) is 20.0. The third-order valence-corrected chi connectivity index (χ3v) is 5.56. The Bertz CT molecular complexity index is 885. The van der Waals surface area contributed by atoms with Gasteiger partial charge in [-0.15, -0.1) is 0 Å². The maximum Gasteiger partial charge on any atom is 0.323 e. The van der Waals surface area contributed by atoms with Crippen LogP contribution in [0.4, 0.5) is 5.95 Å². The van der Waals surface area contributed by atoms with E-state index in [2.05, 4.69) is 21.9 Å². The summed E-state index contributed by atoms with van der Waals surface area (Å²) in [7, 11) is 0. The largest absolute Gasteiger partial charge is 0.466 e. The van der Waals surface area contributed by atoms with Gasteiger partial charge in [0.1, 0.15) is 11.6 Å². The summed E-state index contributed by atoms with van der Waals surface area (Å²) >= 11 is 0. The maximum absolute atomic E-state index is 12.2. The van der Waals surface area contributed by atoms with Crippen molar-refractivity contribution in [2.24, 2.45) is 17.6 Å². The Labute approximate surface area is 195 Å². The van der Waals surface area contributed by atoms with E-state index in [0.29, 0.717) is 30.6 Å². The predicted molar refractivity (Wildman–Crippen MR) is 126 cm³/mol. The Morgan fingerprint density at radius 3 is 2.61 bits per heavy atom. The van der Waals surface area contributed by atoms with Gasteiger partial charge in [-0.25, -0.2) is 9.97 Å². The molecule has 0 unspecified atom stereocenters. The Morgan fingerprint density at radius 2 is 1.88 bits per heavy atom. The number of nitrogen functional groups attached to an aromatic ring is 1. The summed E-state index contributed by atoms with van der Waals surface area (Å²) in [4.78, 5) is 36.8. The molecule has 4 N–H and O–H groups in total. The van der Waals surface area contributed by atoms with Gasteiger partial charge in [-0.3, -0.25) is 9.59 Å². The molecule has 0 amide bonds. The lowest BCUT2D eigenvalue weighted by atomic mass is 10.1. The van der Waals surface area contributed by atoms with Crippen LogP contribution in [0.15, 0.2) is 12.5 Å². The third-order valence-electron chi connectivity index (χ3n) is 5.56. The highest BCUT2D eigenvalue weighted by molar-refractivity contribution is 5.75. The molecule has 0 spiro atoms. The van der Waals surface area contributed by atoms with Gasteiger partial charge >= 0.3 is 11.9 Å². The number of fused-ring (bicyclic) bond motifs is 1. The van der Waals surface area contributed by atoms with Gasteiger partial charge in [-0.05, 0) is 18.8 Å². The zero-order valence-corrected chi connectivity index (χ0v) is 20.0. The minimum absolute atomic E-state index is 0.0218. The molecule has 0 aromatic carbocycles. The van der Waals surface area contributed by atoms with Crippen LogP contribution in [-0.2, 0) is 25.6 Å². The summed E-state index contributed by atoms with van der Waals surface area (Å²) in [6, 6.07) is -0.683. The van der Waals surface area contributed by atoms with Crippen molar-refractivity contribution in [3.8, 4) is 0 Å². The molecule has 10 heteroatoms. The average Bonchev–Trinajstić information content (AvgIpc) is 3.17. The van der Waals surface area contributed by atoms with Crippen LogP contribution in [0.25, 0.3) is 11.2 Å². The molecule has 33 heavy (non-hydrogen) atoms. The highest BCUT2D eigenvalue weighted by Crippen LogP contribution is 2.16. The van der Waals surface area contributed by atoms with E-state index in [9.17, 15) is 9.59 Å². The molecule has 0 saturated heterocycles. The molecule has 2 aromatic rings. The van der Waals surface area contributed by atoms with E-state index in [1.807, 2.05) is 18.4 Å². The van der Waals surface area contributed by atoms with Crippen molar-refractivity contribution >= 4 is 29.1 Å². The van der Waals surface area contributed by atoms with Crippen LogP contribution in [0.3, 0.4) is 0 Å². The summed E-state index contributed by atoms with van der Waals surface area (Å²) in [5, 5.41) is 0. The number of imidazole rings is 1. The third kappa shape index (κ3) is 8.95. The van der Waals surface area contributed by atoms with E-state index in [4.69, 9.17) is 20.9 Å². The number of aromatic nitrogens is 4. The summed E-state index contributed by atoms with van der Waals surface area (Å²) in [5.41, 5.74) is 12.8. The van der Waals surface area contributed by atoms with E-state index in [0.717, 1.165) is 19.3 Å². The molecule has 0 fully saturated rings. The predicted octanol–water partition coefficient (Wildman–Crippen LogP) is 2.84. The maximum atomic E-state index is 12.2. The molecule has 0 radical (unpaired) electrons. The van der Waals surface area contributed by atoms with Crippen LogP contribution < -0.4 is 11.5 Å². The number of carbonyl (C=O) groups is 2. The Balaban J connectivity index is 1.93. The molecular formula is C23H38N6O4. The van der Waals surface area contributed by atoms with Crippen molar-refractivity contribution in [2.75, 3.05) is 18.9 Å². The molecule has 184 valence electrons. The molecule has 0 bridgehead atoms. The molecule has 2 rings (SSSR count). The van der Waals surface area contributed by atoms with Crippen molar-refractivity contribution in [3.63, 3.8) is 0 Å². The number of nitrogens with zero attached hydrogens (tertiary/aromatic N) is 4. The first-order valence-corrected chi connectivity index (χ1v) is 11.8. The van der Waals surface area contributed by atoms with Crippen LogP contribution >= 0.6 is 0 Å². The van der Waals surface area contributed by atoms with Crippen molar-refractivity contribution < 1.29 is 19.1 Å². The Kier molecular flexibility index (Phi) is 11.0. The van der Waals surface area contributed by atoms with Crippen LogP contribution in [-0.4, -0.2) is 50.7 Å². The standard InChI is InChI=1S/C23H38N6O4/c1-4-5-6-7-8-9-19(30)32-11-10-17(14-33-22(31)20(24)16(2)3)13-29-15-27-18-12-26-23(25)28-21(18)29/h12,15-17,20H,4-11,13-14,24H2,1-3H3,(H2,25,26,28)/t17-,20+/m1/s1. The number of carbonyl (C=O) groups excluding carboxylic acids is 2. The molecule has 0 aliphatic rings. The lowest BCUT2D eigenvalue weighted by Crippen LogP contribution is -2.38. The van der Waals surface area contributed by atoms with E-state index in [1.54, 1.807) is 12.5 Å². The number of unbranched alkanes of at least 4 members (excludes halogenated alkanes) is 4. The molecule has 0 aliphatic carbocycles. The van der Waals surface area contributed by atoms with E-state index in [1.165, 1.54) is 12.8 Å². The van der Waals surface area contributed by atoms with Gasteiger partial charge in [0.05, 0.1) is 25.7 Å². The van der Waals surface area contributed by atoms with Crippen molar-refractivity contribution in [3.05, 3.63) is 12.5 Å². The number of hydrogen-bond acceptors (Lipinski definition) is 9. The summed E-state index contributed by atoms with van der Waals surface area (Å²) in [5.74, 6) is -0.632. The van der Waals surface area contributed by atoms with Crippen molar-refractivity contribution in [1.82, 2.24) is 19.5 Å². The first-order valence-electron chi connectivity index (χ1n) is 11.8. The summed E-state index contributed by atoms with van der Waals surface area (Å²) in [6.07, 6.45) is 9.54. The monoisotopic (exact) mass is 462 g/mol. The van der Waals surface area contributed by atoms with Crippen LogP contribution in [0.2, 0.25) is 0 Å². The van der Waals surface area contributed by atoms with Gasteiger partial charge in [0, 0.05) is 18.9 Å². The second kappa shape index (κ2) is 13.7. The number of hydrogen-bond donors (Lipinski definition) is 2. The minimum atomic E-state index is -0.683. The van der Waals surface area contributed by atoms with E-state index >= 15 is 0 Å². The van der Waals surface area contributed by atoms with Gasteiger partial charge in [0.15, 0.2) is 5.65 Å². The lowest BCUT2D eigenvalue weighted by molar-refractivity contribution is -0.149. The number of nitrogens with two attached hydrogens (primary N) is 2. The zero-order chi connectivity index (χ0) is 24.2. The van der Waals surface area contributed by atoms with Gasteiger partial charge < -0.3 is 25.5 Å². The topological polar surface area (TPSA) is 148 Å². The Hall–Kier alpha value is -2.75. The molecule has 10 nitrogen and oxygen atoms in total. The normalized spacial score (nSPS) is 13.2. The van der Waals surface area contributed by atoms with Crippen molar-refractivity contribution in [2.45, 2.75) is 78.3 Å². The fourth-order valence-corrected chi connectivity index (χ4v) is 3.36. The first-order chi connectivity index (χ1) is 15.8.